The molecule has 1 amide bonds. The maximum atomic E-state index is 11.9. The summed E-state index contributed by atoms with van der Waals surface area (Å²) in [6, 6.07) is 5.00. The van der Waals surface area contributed by atoms with Gasteiger partial charge in [0.05, 0.1) is 31.2 Å². The Morgan fingerprint density at radius 1 is 1.26 bits per heavy atom. The molecule has 3 N–H and O–H groups in total. The number of ether oxygens (including phenoxy) is 2. The van der Waals surface area contributed by atoms with Crippen molar-refractivity contribution in [3.8, 4) is 11.5 Å². The fraction of sp³-hybridized carbons (Fsp3) is 0.154. The minimum atomic E-state index is -0.208. The lowest BCUT2D eigenvalue weighted by Crippen LogP contribution is -2.12. The zero-order valence-corrected chi connectivity index (χ0v) is 11.4. The van der Waals surface area contributed by atoms with Crippen molar-refractivity contribution in [2.24, 2.45) is 0 Å². The van der Waals surface area contributed by atoms with Crippen LogP contribution in [0.4, 0.5) is 11.4 Å². The van der Waals surface area contributed by atoms with E-state index in [2.05, 4.69) is 5.32 Å². The van der Waals surface area contributed by atoms with E-state index in [1.165, 1.54) is 25.6 Å². The highest BCUT2D eigenvalue weighted by atomic mass is 32.1. The van der Waals surface area contributed by atoms with Crippen LogP contribution in [0.25, 0.3) is 0 Å². The number of nitrogens with one attached hydrogen (secondary N) is 1. The van der Waals surface area contributed by atoms with Crippen LogP contribution in [-0.4, -0.2) is 20.1 Å². The molecular formula is C13H14N2O3S. The topological polar surface area (TPSA) is 73.6 Å². The maximum Gasteiger partial charge on any atom is 0.256 e. The number of anilines is 2. The zero-order valence-electron chi connectivity index (χ0n) is 10.6. The van der Waals surface area contributed by atoms with E-state index in [9.17, 15) is 4.79 Å². The molecular weight excluding hydrogens is 264 g/mol. The van der Waals surface area contributed by atoms with Gasteiger partial charge in [-0.15, -0.1) is 0 Å². The van der Waals surface area contributed by atoms with Crippen LogP contribution in [0.2, 0.25) is 0 Å². The van der Waals surface area contributed by atoms with E-state index in [1.54, 1.807) is 23.6 Å². The molecule has 0 saturated heterocycles. The Labute approximate surface area is 115 Å². The fourth-order valence-electron chi connectivity index (χ4n) is 1.59. The normalized spacial score (nSPS) is 10.0. The van der Waals surface area contributed by atoms with Crippen LogP contribution < -0.4 is 20.5 Å². The lowest BCUT2D eigenvalue weighted by atomic mass is 10.2. The molecule has 0 unspecified atom stereocenters. The van der Waals surface area contributed by atoms with Crippen LogP contribution in [0.1, 0.15) is 10.4 Å². The fourth-order valence-corrected chi connectivity index (χ4v) is 2.23. The van der Waals surface area contributed by atoms with Crippen LogP contribution in [0.3, 0.4) is 0 Å². The van der Waals surface area contributed by atoms with E-state index in [1.807, 2.05) is 5.38 Å². The molecule has 1 aromatic heterocycles. The first kappa shape index (κ1) is 13.2. The maximum absolute atomic E-state index is 11.9. The van der Waals surface area contributed by atoms with Crippen LogP contribution in [-0.2, 0) is 0 Å². The number of nitrogens with two attached hydrogens (primary N) is 1. The van der Waals surface area contributed by atoms with Crippen molar-refractivity contribution in [1.82, 2.24) is 0 Å². The molecule has 0 aliphatic rings. The number of benzene rings is 1. The molecule has 0 fully saturated rings. The molecule has 2 aromatic rings. The van der Waals surface area contributed by atoms with Gasteiger partial charge in [-0.2, -0.15) is 11.3 Å². The molecule has 0 aliphatic heterocycles. The number of thiophene rings is 1. The minimum Gasteiger partial charge on any atom is -0.493 e. The Kier molecular flexibility index (Phi) is 3.91. The second kappa shape index (κ2) is 5.62. The molecule has 0 bridgehead atoms. The zero-order chi connectivity index (χ0) is 13.8. The third kappa shape index (κ3) is 2.79. The summed E-state index contributed by atoms with van der Waals surface area (Å²) in [5, 5.41) is 6.36. The number of hydrogen-bond donors (Lipinski definition) is 2. The van der Waals surface area contributed by atoms with Crippen molar-refractivity contribution in [2.75, 3.05) is 25.3 Å². The highest BCUT2D eigenvalue weighted by Gasteiger charge is 2.12. The Hall–Kier alpha value is -2.21. The average molecular weight is 278 g/mol. The predicted molar refractivity (Wildman–Crippen MR) is 76.2 cm³/mol. The highest BCUT2D eigenvalue weighted by Crippen LogP contribution is 2.35. The van der Waals surface area contributed by atoms with Gasteiger partial charge in [0.15, 0.2) is 11.5 Å². The van der Waals surface area contributed by atoms with E-state index in [0.29, 0.717) is 28.4 Å². The third-order valence-corrected chi connectivity index (χ3v) is 3.27. The molecule has 19 heavy (non-hydrogen) atoms. The van der Waals surface area contributed by atoms with E-state index < -0.39 is 0 Å². The van der Waals surface area contributed by atoms with Gasteiger partial charge in [0, 0.05) is 17.5 Å². The Morgan fingerprint density at radius 3 is 2.53 bits per heavy atom. The van der Waals surface area contributed by atoms with Gasteiger partial charge >= 0.3 is 0 Å². The summed E-state index contributed by atoms with van der Waals surface area (Å²) >= 11 is 1.46. The Morgan fingerprint density at radius 2 is 1.95 bits per heavy atom. The SMILES string of the molecule is COc1cc(N)c(NC(=O)c2ccsc2)cc1OC. The van der Waals surface area contributed by atoms with Crippen molar-refractivity contribution in [3.05, 3.63) is 34.5 Å². The summed E-state index contributed by atoms with van der Waals surface area (Å²) in [4.78, 5) is 11.9. The van der Waals surface area contributed by atoms with E-state index in [4.69, 9.17) is 15.2 Å². The number of hydrogen-bond acceptors (Lipinski definition) is 5. The van der Waals surface area contributed by atoms with Gasteiger partial charge in [-0.05, 0) is 11.4 Å². The molecule has 0 spiro atoms. The summed E-state index contributed by atoms with van der Waals surface area (Å²) in [5.41, 5.74) is 7.38. The quantitative estimate of drug-likeness (QED) is 0.843. The predicted octanol–water partition coefficient (Wildman–Crippen LogP) is 2.60. The Balaban J connectivity index is 2.28. The number of nitrogen functional groups attached to an aromatic ring is 1. The molecule has 0 radical (unpaired) electrons. The smallest absolute Gasteiger partial charge is 0.256 e. The molecule has 6 heteroatoms. The van der Waals surface area contributed by atoms with E-state index >= 15 is 0 Å². The first-order chi connectivity index (χ1) is 9.15. The third-order valence-electron chi connectivity index (χ3n) is 2.59. The van der Waals surface area contributed by atoms with E-state index in [0.717, 1.165) is 0 Å². The second-order valence-corrected chi connectivity index (χ2v) is 4.54. The van der Waals surface area contributed by atoms with Gasteiger partial charge in [0.1, 0.15) is 0 Å². The summed E-state index contributed by atoms with van der Waals surface area (Å²) in [5.74, 6) is 0.825. The Bertz CT molecular complexity index is 582. The second-order valence-electron chi connectivity index (χ2n) is 3.76. The van der Waals surface area contributed by atoms with Gasteiger partial charge in [0.25, 0.3) is 5.91 Å². The first-order valence-corrected chi connectivity index (χ1v) is 6.45. The van der Waals surface area contributed by atoms with E-state index in [-0.39, 0.29) is 5.91 Å². The number of rotatable bonds is 4. The number of amides is 1. The average Bonchev–Trinajstić information content (AvgIpc) is 2.94. The van der Waals surface area contributed by atoms with Crippen molar-refractivity contribution in [2.45, 2.75) is 0 Å². The largest absolute Gasteiger partial charge is 0.493 e. The van der Waals surface area contributed by atoms with Crippen molar-refractivity contribution >= 4 is 28.6 Å². The van der Waals surface area contributed by atoms with Gasteiger partial charge in [-0.1, -0.05) is 0 Å². The van der Waals surface area contributed by atoms with Gasteiger partial charge < -0.3 is 20.5 Å². The lowest BCUT2D eigenvalue weighted by Gasteiger charge is -2.13. The monoisotopic (exact) mass is 278 g/mol. The molecule has 100 valence electrons. The van der Waals surface area contributed by atoms with Crippen LogP contribution in [0.5, 0.6) is 11.5 Å². The van der Waals surface area contributed by atoms with Crippen LogP contribution >= 0.6 is 11.3 Å². The van der Waals surface area contributed by atoms with Crippen molar-refractivity contribution in [1.29, 1.82) is 0 Å². The van der Waals surface area contributed by atoms with Gasteiger partial charge in [-0.25, -0.2) is 0 Å². The standard InChI is InChI=1S/C13H14N2O3S/c1-17-11-5-9(14)10(6-12(11)18-2)15-13(16)8-3-4-19-7-8/h3-7H,14H2,1-2H3,(H,15,16). The minimum absolute atomic E-state index is 0.208. The van der Waals surface area contributed by atoms with Crippen LogP contribution in [0.15, 0.2) is 29.0 Å². The molecule has 0 aliphatic carbocycles. The lowest BCUT2D eigenvalue weighted by molar-refractivity contribution is 0.102. The van der Waals surface area contributed by atoms with Gasteiger partial charge in [0.2, 0.25) is 0 Å². The number of carbonyl (C=O) groups is 1. The number of carbonyl (C=O) groups excluding carboxylic acids is 1. The molecule has 0 atom stereocenters. The first-order valence-electron chi connectivity index (χ1n) is 5.50. The molecule has 1 aromatic carbocycles. The molecule has 5 nitrogen and oxygen atoms in total. The van der Waals surface area contributed by atoms with Crippen molar-refractivity contribution < 1.29 is 14.3 Å². The summed E-state index contributed by atoms with van der Waals surface area (Å²) in [6.07, 6.45) is 0. The van der Waals surface area contributed by atoms with Crippen molar-refractivity contribution in [3.63, 3.8) is 0 Å². The van der Waals surface area contributed by atoms with Crippen LogP contribution in [0, 0.1) is 0 Å². The van der Waals surface area contributed by atoms with Gasteiger partial charge in [-0.3, -0.25) is 4.79 Å². The molecule has 2 rings (SSSR count). The summed E-state index contributed by atoms with van der Waals surface area (Å²) < 4.78 is 10.3. The number of methoxy groups -OCH3 is 2. The molecule has 1 heterocycles. The highest BCUT2D eigenvalue weighted by molar-refractivity contribution is 7.08. The summed E-state index contributed by atoms with van der Waals surface area (Å²) in [6.45, 7) is 0. The summed E-state index contributed by atoms with van der Waals surface area (Å²) in [7, 11) is 3.05. The molecule has 0 saturated carbocycles.